The van der Waals surface area contributed by atoms with Gasteiger partial charge in [0, 0.05) is 17.9 Å². The van der Waals surface area contributed by atoms with Crippen LogP contribution in [0.15, 0.2) is 60.7 Å². The van der Waals surface area contributed by atoms with Crippen LogP contribution < -0.4 is 0 Å². The van der Waals surface area contributed by atoms with Crippen LogP contribution in [0.2, 0.25) is 0 Å². The monoisotopic (exact) mass is 254 g/mol. The third kappa shape index (κ3) is 3.52. The smallest absolute Gasteiger partial charge is 0.165 e. The first-order valence-corrected chi connectivity index (χ1v) is 6.49. The molecule has 19 heavy (non-hydrogen) atoms. The molecule has 0 aliphatic carbocycles. The molecule has 98 valence electrons. The highest BCUT2D eigenvalue weighted by molar-refractivity contribution is 5.96. The van der Waals surface area contributed by atoms with E-state index in [9.17, 15) is 9.90 Å². The van der Waals surface area contributed by atoms with Gasteiger partial charge in [0.25, 0.3) is 0 Å². The molecule has 2 atom stereocenters. The topological polar surface area (TPSA) is 37.3 Å². The summed E-state index contributed by atoms with van der Waals surface area (Å²) >= 11 is 0. The van der Waals surface area contributed by atoms with Crippen molar-refractivity contribution < 1.29 is 9.90 Å². The van der Waals surface area contributed by atoms with E-state index >= 15 is 0 Å². The Balaban J connectivity index is 2.02. The number of rotatable bonds is 5. The van der Waals surface area contributed by atoms with Crippen LogP contribution in [0.5, 0.6) is 0 Å². The Kier molecular flexibility index (Phi) is 4.48. The minimum absolute atomic E-state index is 0.0177. The highest BCUT2D eigenvalue weighted by atomic mass is 16.3. The molecule has 0 aliphatic heterocycles. The highest BCUT2D eigenvalue weighted by Gasteiger charge is 2.19. The highest BCUT2D eigenvalue weighted by Crippen LogP contribution is 2.22. The summed E-state index contributed by atoms with van der Waals surface area (Å²) in [5.74, 6) is -0.0651. The molecule has 0 radical (unpaired) electrons. The minimum Gasteiger partial charge on any atom is -0.392 e. The van der Waals surface area contributed by atoms with Gasteiger partial charge in [-0.15, -0.1) is 0 Å². The number of hydrogen-bond acceptors (Lipinski definition) is 2. The summed E-state index contributed by atoms with van der Waals surface area (Å²) < 4.78 is 0. The predicted molar refractivity (Wildman–Crippen MR) is 76.3 cm³/mol. The van der Waals surface area contributed by atoms with E-state index in [0.29, 0.717) is 5.56 Å². The van der Waals surface area contributed by atoms with Crippen molar-refractivity contribution in [3.05, 3.63) is 71.8 Å². The lowest BCUT2D eigenvalue weighted by atomic mass is 9.91. The average Bonchev–Trinajstić information content (AvgIpc) is 2.48. The van der Waals surface area contributed by atoms with Crippen molar-refractivity contribution in [2.24, 2.45) is 0 Å². The number of hydrogen-bond donors (Lipinski definition) is 1. The fourth-order valence-corrected chi connectivity index (χ4v) is 2.09. The minimum atomic E-state index is -0.657. The molecule has 0 bridgehead atoms. The molecular weight excluding hydrogens is 236 g/mol. The molecule has 1 N–H and O–H groups in total. The third-order valence-electron chi connectivity index (χ3n) is 3.39. The first kappa shape index (κ1) is 13.5. The second kappa shape index (κ2) is 6.30. The van der Waals surface area contributed by atoms with Gasteiger partial charge in [-0.05, 0) is 5.56 Å². The Hall–Kier alpha value is -1.93. The van der Waals surface area contributed by atoms with E-state index in [1.54, 1.807) is 12.1 Å². The van der Waals surface area contributed by atoms with E-state index in [1.165, 1.54) is 0 Å². The first-order chi connectivity index (χ1) is 9.18. The van der Waals surface area contributed by atoms with Crippen molar-refractivity contribution >= 4 is 5.78 Å². The maximum atomic E-state index is 12.0. The summed E-state index contributed by atoms with van der Waals surface area (Å²) in [5.41, 5.74) is 1.71. The summed E-state index contributed by atoms with van der Waals surface area (Å²) in [6.07, 6.45) is -0.504. The van der Waals surface area contributed by atoms with Gasteiger partial charge in [-0.1, -0.05) is 67.6 Å². The van der Waals surface area contributed by atoms with Crippen LogP contribution in [0.3, 0.4) is 0 Å². The van der Waals surface area contributed by atoms with Crippen LogP contribution in [-0.2, 0) is 0 Å². The molecule has 0 spiro atoms. The SMILES string of the molecule is C[C@H](c1ccccc1)[C@H](O)CC(=O)c1ccccc1. The van der Waals surface area contributed by atoms with Gasteiger partial charge >= 0.3 is 0 Å². The van der Waals surface area contributed by atoms with Crippen LogP contribution in [0.4, 0.5) is 0 Å². The summed E-state index contributed by atoms with van der Waals surface area (Å²) in [4.78, 5) is 12.0. The van der Waals surface area contributed by atoms with E-state index in [-0.39, 0.29) is 18.1 Å². The zero-order valence-electron chi connectivity index (χ0n) is 11.0. The lowest BCUT2D eigenvalue weighted by Crippen LogP contribution is -2.20. The Morgan fingerprint density at radius 3 is 2.11 bits per heavy atom. The summed E-state index contributed by atoms with van der Waals surface area (Å²) in [6.45, 7) is 1.94. The van der Waals surface area contributed by atoms with Crippen LogP contribution in [0.1, 0.15) is 35.2 Å². The van der Waals surface area contributed by atoms with Gasteiger partial charge in [-0.25, -0.2) is 0 Å². The largest absolute Gasteiger partial charge is 0.392 e. The van der Waals surface area contributed by atoms with Crippen molar-refractivity contribution in [1.82, 2.24) is 0 Å². The van der Waals surface area contributed by atoms with E-state index < -0.39 is 6.10 Å². The molecule has 0 saturated carbocycles. The molecule has 2 nitrogen and oxygen atoms in total. The predicted octanol–water partition coefficient (Wildman–Crippen LogP) is 3.42. The number of aliphatic hydroxyl groups excluding tert-OH is 1. The van der Waals surface area contributed by atoms with Gasteiger partial charge in [0.15, 0.2) is 5.78 Å². The first-order valence-electron chi connectivity index (χ1n) is 6.49. The van der Waals surface area contributed by atoms with Gasteiger partial charge in [0.1, 0.15) is 0 Å². The number of carbonyl (C=O) groups is 1. The molecule has 0 heterocycles. The lowest BCUT2D eigenvalue weighted by molar-refractivity contribution is 0.0844. The van der Waals surface area contributed by atoms with Crippen LogP contribution in [0, 0.1) is 0 Å². The van der Waals surface area contributed by atoms with Crippen LogP contribution in [-0.4, -0.2) is 17.0 Å². The number of benzene rings is 2. The molecule has 0 aromatic heterocycles. The van der Waals surface area contributed by atoms with Crippen molar-refractivity contribution in [2.75, 3.05) is 0 Å². The van der Waals surface area contributed by atoms with E-state index in [2.05, 4.69) is 0 Å². The van der Waals surface area contributed by atoms with Gasteiger partial charge < -0.3 is 5.11 Å². The summed E-state index contributed by atoms with van der Waals surface area (Å²) in [5, 5.41) is 10.2. The van der Waals surface area contributed by atoms with Gasteiger partial charge in [-0.3, -0.25) is 4.79 Å². The molecule has 2 rings (SSSR count). The fourth-order valence-electron chi connectivity index (χ4n) is 2.09. The normalized spacial score (nSPS) is 13.8. The Morgan fingerprint density at radius 1 is 1.00 bits per heavy atom. The Bertz CT molecular complexity index is 519. The van der Waals surface area contributed by atoms with Crippen molar-refractivity contribution in [3.63, 3.8) is 0 Å². The fraction of sp³-hybridized carbons (Fsp3) is 0.235. The second-order valence-corrected chi connectivity index (χ2v) is 4.76. The quantitative estimate of drug-likeness (QED) is 0.830. The lowest BCUT2D eigenvalue weighted by Gasteiger charge is -2.18. The summed E-state index contributed by atoms with van der Waals surface area (Å²) in [7, 11) is 0. The number of carbonyl (C=O) groups excluding carboxylic acids is 1. The Morgan fingerprint density at radius 2 is 1.53 bits per heavy atom. The summed E-state index contributed by atoms with van der Waals surface area (Å²) in [6, 6.07) is 18.9. The maximum absolute atomic E-state index is 12.0. The van der Waals surface area contributed by atoms with Gasteiger partial charge in [0.2, 0.25) is 0 Å². The molecular formula is C17H18O2. The van der Waals surface area contributed by atoms with Crippen LogP contribution in [0.25, 0.3) is 0 Å². The van der Waals surface area contributed by atoms with Crippen molar-refractivity contribution in [2.45, 2.75) is 25.4 Å². The van der Waals surface area contributed by atoms with Crippen molar-refractivity contribution in [1.29, 1.82) is 0 Å². The zero-order valence-corrected chi connectivity index (χ0v) is 11.0. The number of Topliss-reactive ketones (excluding diaryl/α,β-unsaturated/α-hetero) is 1. The standard InChI is InChI=1S/C17H18O2/c1-13(14-8-4-2-5-9-14)16(18)12-17(19)15-10-6-3-7-11-15/h2-11,13,16,18H,12H2,1H3/t13-,16-/m1/s1. The zero-order chi connectivity index (χ0) is 13.7. The van der Waals surface area contributed by atoms with E-state index in [4.69, 9.17) is 0 Å². The molecule has 2 aromatic rings. The maximum Gasteiger partial charge on any atom is 0.165 e. The van der Waals surface area contributed by atoms with E-state index in [0.717, 1.165) is 5.56 Å². The number of aliphatic hydroxyl groups is 1. The second-order valence-electron chi connectivity index (χ2n) is 4.76. The Labute approximate surface area is 113 Å². The molecule has 2 heteroatoms. The molecule has 0 saturated heterocycles. The van der Waals surface area contributed by atoms with Crippen LogP contribution >= 0.6 is 0 Å². The van der Waals surface area contributed by atoms with Gasteiger partial charge in [0.05, 0.1) is 6.10 Å². The molecule has 0 unspecified atom stereocenters. The number of ketones is 1. The third-order valence-corrected chi connectivity index (χ3v) is 3.39. The van der Waals surface area contributed by atoms with E-state index in [1.807, 2.05) is 55.5 Å². The average molecular weight is 254 g/mol. The molecule has 2 aromatic carbocycles. The molecule has 0 fully saturated rings. The molecule has 0 amide bonds. The van der Waals surface area contributed by atoms with Crippen molar-refractivity contribution in [3.8, 4) is 0 Å². The van der Waals surface area contributed by atoms with Gasteiger partial charge in [-0.2, -0.15) is 0 Å². The molecule has 0 aliphatic rings.